The molecule has 8 nitrogen and oxygen atoms in total. The zero-order valence-electron chi connectivity index (χ0n) is 29.4. The molecule has 2 aliphatic rings. The summed E-state index contributed by atoms with van der Waals surface area (Å²) >= 11 is 0. The first-order valence-corrected chi connectivity index (χ1v) is 16.4. The van der Waals surface area contributed by atoms with Crippen molar-refractivity contribution in [2.45, 2.75) is 26.7 Å². The summed E-state index contributed by atoms with van der Waals surface area (Å²) in [5.74, 6) is -3.27. The molecule has 0 aliphatic heterocycles. The van der Waals surface area contributed by atoms with Gasteiger partial charge in [0.15, 0.2) is 0 Å². The Morgan fingerprint density at radius 2 is 0.824 bits per heavy atom. The van der Waals surface area contributed by atoms with Crippen LogP contribution in [0, 0.1) is 47.6 Å². The van der Waals surface area contributed by atoms with Crippen molar-refractivity contribution in [2.75, 3.05) is 92.5 Å². The molecule has 4 rings (SSSR count). The van der Waals surface area contributed by atoms with Crippen LogP contribution in [-0.2, 0) is 50.1 Å². The van der Waals surface area contributed by atoms with Crippen LogP contribution in [0.15, 0.2) is 60.7 Å². The molecule has 13 heteroatoms. The molecule has 0 unspecified atom stereocenters. The van der Waals surface area contributed by atoms with Gasteiger partial charge in [-0.25, -0.2) is 41.9 Å². The van der Waals surface area contributed by atoms with E-state index in [1.807, 2.05) is 50.3 Å². The van der Waals surface area contributed by atoms with E-state index in [9.17, 15) is 17.6 Å². The van der Waals surface area contributed by atoms with Crippen molar-refractivity contribution in [3.63, 3.8) is 0 Å². The quantitative estimate of drug-likeness (QED) is 0.0549. The van der Waals surface area contributed by atoms with E-state index < -0.39 is 23.3 Å². The third kappa shape index (κ3) is 29.5. The summed E-state index contributed by atoms with van der Waals surface area (Å²) in [6.45, 7) is 10.1. The number of halogens is 4. The number of rotatable bonds is 22. The van der Waals surface area contributed by atoms with Gasteiger partial charge in [-0.3, -0.25) is 12.2 Å². The van der Waals surface area contributed by atoms with Crippen molar-refractivity contribution in [3.8, 4) is 11.5 Å². The van der Waals surface area contributed by atoms with Gasteiger partial charge >= 0.3 is 21.7 Å². The first-order chi connectivity index (χ1) is 24.5. The maximum atomic E-state index is 13.1. The largest absolute Gasteiger partial charge is 4.00 e. The van der Waals surface area contributed by atoms with E-state index >= 15 is 0 Å². The molecule has 0 heterocycles. The van der Waals surface area contributed by atoms with Crippen molar-refractivity contribution in [1.82, 2.24) is 0 Å². The Hall–Kier alpha value is -2.81. The maximum Gasteiger partial charge on any atom is 4.00 e. The topological polar surface area (TPSA) is 73.8 Å². The van der Waals surface area contributed by atoms with Crippen molar-refractivity contribution in [2.24, 2.45) is 0 Å². The minimum atomic E-state index is -0.843. The summed E-state index contributed by atoms with van der Waals surface area (Å²) in [6, 6.07) is 8.40. The van der Waals surface area contributed by atoms with Crippen LogP contribution in [0.25, 0.3) is 0 Å². The summed E-state index contributed by atoms with van der Waals surface area (Å²) in [5.41, 5.74) is 0. The zero-order valence-corrected chi connectivity index (χ0v) is 30.9. The van der Waals surface area contributed by atoms with Gasteiger partial charge in [0.1, 0.15) is 0 Å². The Bertz CT molecular complexity index is 1120. The van der Waals surface area contributed by atoms with Gasteiger partial charge in [0.25, 0.3) is 0 Å². The second-order valence-corrected chi connectivity index (χ2v) is 9.52. The monoisotopic (exact) mass is 756 g/mol. The van der Waals surface area contributed by atoms with Crippen LogP contribution in [0.4, 0.5) is 17.6 Å². The van der Waals surface area contributed by atoms with Crippen LogP contribution in [0.2, 0.25) is 0 Å². The minimum Gasteiger partial charge on any atom is -0.546 e. The molecule has 51 heavy (non-hydrogen) atoms. The molecule has 2 aliphatic carbocycles. The zero-order chi connectivity index (χ0) is 36.3. The smallest absolute Gasteiger partial charge is 0.546 e. The molecular weight excluding hydrogens is 708 g/mol. The van der Waals surface area contributed by atoms with E-state index in [2.05, 4.69) is 24.3 Å². The van der Waals surface area contributed by atoms with Gasteiger partial charge in [-0.2, -0.15) is 12.2 Å². The molecule has 0 bridgehead atoms. The average Bonchev–Trinajstić information content (AvgIpc) is 3.89. The molecule has 0 fully saturated rings. The van der Waals surface area contributed by atoms with Gasteiger partial charge in [0, 0.05) is 36.3 Å². The van der Waals surface area contributed by atoms with Crippen molar-refractivity contribution in [1.29, 1.82) is 0 Å². The molecule has 0 N–H and O–H groups in total. The van der Waals surface area contributed by atoms with Crippen molar-refractivity contribution >= 4 is 0 Å². The van der Waals surface area contributed by atoms with Crippen molar-refractivity contribution < 1.29 is 77.2 Å². The minimum absolute atomic E-state index is 0. The van der Waals surface area contributed by atoms with E-state index in [1.165, 1.54) is 12.1 Å². The van der Waals surface area contributed by atoms with Gasteiger partial charge in [-0.15, -0.1) is 49.2 Å². The Balaban J connectivity index is 0.000000754. The Kier molecular flexibility index (Phi) is 33.6. The van der Waals surface area contributed by atoms with Crippen LogP contribution in [0.5, 0.6) is 11.5 Å². The summed E-state index contributed by atoms with van der Waals surface area (Å²) < 4.78 is 92.7. The van der Waals surface area contributed by atoms with E-state index in [-0.39, 0.29) is 46.4 Å². The van der Waals surface area contributed by atoms with Gasteiger partial charge < -0.3 is 37.9 Å². The summed E-state index contributed by atoms with van der Waals surface area (Å²) in [4.78, 5) is 0. The fourth-order valence-corrected chi connectivity index (χ4v) is 3.35. The normalized spacial score (nSPS) is 11.9. The van der Waals surface area contributed by atoms with E-state index in [1.54, 1.807) is 0 Å². The molecule has 0 aromatic heterocycles. The first kappa shape index (κ1) is 48.2. The maximum absolute atomic E-state index is 13.1. The standard InChI is InChI=1S/2C14H19F2O4.2C5H5.Ti/c2*1-2-17-5-6-18-7-8-19-9-10-20-14-4-3-12(15)11-13(14)16;2*1-2-4-5-3-1;/h2*3-4H,2,5-10H2,1H3;2*1-3H,4H2;/q4*-1;+4. The van der Waals surface area contributed by atoms with Crippen LogP contribution < -0.4 is 9.47 Å². The summed E-state index contributed by atoms with van der Waals surface area (Å²) in [6.07, 6.45) is 20.0. The predicted molar refractivity (Wildman–Crippen MR) is 181 cm³/mol. The molecule has 0 saturated carbocycles. The molecule has 0 saturated heterocycles. The summed E-state index contributed by atoms with van der Waals surface area (Å²) in [5, 5.41) is 0. The number of hydrogen-bond donors (Lipinski definition) is 0. The third-order valence-electron chi connectivity index (χ3n) is 5.69. The molecular formula is C38H48F4O8Ti. The Morgan fingerprint density at radius 1 is 0.490 bits per heavy atom. The van der Waals surface area contributed by atoms with Gasteiger partial charge in [-0.1, -0.05) is 0 Å². The van der Waals surface area contributed by atoms with Crippen molar-refractivity contribution in [3.05, 3.63) is 108 Å². The molecule has 2 aromatic carbocycles. The second-order valence-electron chi connectivity index (χ2n) is 9.52. The van der Waals surface area contributed by atoms with Crippen LogP contribution in [0.1, 0.15) is 26.7 Å². The van der Waals surface area contributed by atoms with Crippen LogP contribution in [-0.4, -0.2) is 92.5 Å². The summed E-state index contributed by atoms with van der Waals surface area (Å²) in [7, 11) is 0. The Morgan fingerprint density at radius 3 is 1.08 bits per heavy atom. The molecule has 0 radical (unpaired) electrons. The van der Waals surface area contributed by atoms with E-state index in [0.29, 0.717) is 79.3 Å². The SMILES string of the molecule is CCOCCOCCOCCOc1ccc(F)[c-]c1F.CCOCCOCCOCCOc1ccc(F)[c-]c1F.[C-]1=CC=CC1.[C-]1=CC=CC1.[Ti+4]. The fourth-order valence-electron chi connectivity index (χ4n) is 3.35. The average molecular weight is 757 g/mol. The predicted octanol–water partition coefficient (Wildman–Crippen LogP) is 7.04. The molecule has 2 aromatic rings. The van der Waals surface area contributed by atoms with E-state index in [4.69, 9.17) is 37.9 Å². The Labute approximate surface area is 315 Å². The van der Waals surface area contributed by atoms with Gasteiger partial charge in [0.05, 0.1) is 90.9 Å². The van der Waals surface area contributed by atoms with Crippen LogP contribution in [0.3, 0.4) is 0 Å². The molecule has 0 spiro atoms. The van der Waals surface area contributed by atoms with E-state index in [0.717, 1.165) is 25.0 Å². The fraction of sp³-hybridized carbons (Fsp3) is 0.474. The number of allylic oxidation sites excluding steroid dienone is 8. The third-order valence-corrected chi connectivity index (χ3v) is 5.69. The van der Waals surface area contributed by atoms with Crippen LogP contribution >= 0.6 is 0 Å². The first-order valence-electron chi connectivity index (χ1n) is 16.4. The second kappa shape index (κ2) is 35.6. The molecule has 0 amide bonds. The molecule has 0 atom stereocenters. The van der Waals surface area contributed by atoms with Gasteiger partial charge in [0.2, 0.25) is 0 Å². The molecule has 280 valence electrons. The number of benzene rings is 2. The number of ether oxygens (including phenoxy) is 8. The number of hydrogen-bond acceptors (Lipinski definition) is 8. The van der Waals surface area contributed by atoms with Gasteiger partial charge in [-0.05, 0) is 13.8 Å².